The van der Waals surface area contributed by atoms with Crippen molar-refractivity contribution in [2.75, 3.05) is 0 Å². The van der Waals surface area contributed by atoms with Gasteiger partial charge in [-0.25, -0.2) is 0 Å². The molecule has 9 aromatic carbocycles. The van der Waals surface area contributed by atoms with E-state index in [4.69, 9.17) is 4.42 Å². The van der Waals surface area contributed by atoms with Crippen LogP contribution in [-0.2, 0) is 5.41 Å². The number of hydrogen-bond acceptors (Lipinski definition) is 1. The van der Waals surface area contributed by atoms with E-state index in [0.717, 1.165) is 33.1 Å². The summed E-state index contributed by atoms with van der Waals surface area (Å²) in [4.78, 5) is 0. The van der Waals surface area contributed by atoms with Crippen LogP contribution in [-0.4, -0.2) is 0 Å². The van der Waals surface area contributed by atoms with Crippen molar-refractivity contribution in [3.8, 4) is 44.5 Å². The molecule has 1 heteroatoms. The molecular weight excluding hydrogens is 617 g/mol. The molecule has 10 rings (SSSR count). The summed E-state index contributed by atoms with van der Waals surface area (Å²) in [7, 11) is 0. The zero-order valence-electron chi connectivity index (χ0n) is 29.0. The van der Waals surface area contributed by atoms with Crippen LogP contribution in [0.25, 0.3) is 98.8 Å². The molecule has 1 nitrogen and oxygen atoms in total. The molecule has 10 aromatic rings. The Morgan fingerprint density at radius 3 is 1.63 bits per heavy atom. The number of fused-ring (bicyclic) bond motifs is 3. The van der Waals surface area contributed by atoms with Crippen molar-refractivity contribution in [1.29, 1.82) is 0 Å². The van der Waals surface area contributed by atoms with Crippen LogP contribution in [0, 0.1) is 0 Å². The summed E-state index contributed by atoms with van der Waals surface area (Å²) >= 11 is 0. The molecule has 0 bridgehead atoms. The molecule has 0 atom stereocenters. The van der Waals surface area contributed by atoms with Crippen molar-refractivity contribution in [1.82, 2.24) is 0 Å². The number of furan rings is 1. The minimum Gasteiger partial charge on any atom is -0.455 e. The van der Waals surface area contributed by atoms with Gasteiger partial charge in [-0.15, -0.1) is 0 Å². The van der Waals surface area contributed by atoms with Gasteiger partial charge in [0.2, 0.25) is 0 Å². The predicted molar refractivity (Wildman–Crippen MR) is 218 cm³/mol. The zero-order valence-corrected chi connectivity index (χ0v) is 29.0. The van der Waals surface area contributed by atoms with Crippen LogP contribution < -0.4 is 0 Å². The number of benzene rings is 9. The molecule has 0 fully saturated rings. The van der Waals surface area contributed by atoms with Crippen LogP contribution in [0.2, 0.25) is 0 Å². The summed E-state index contributed by atoms with van der Waals surface area (Å²) in [6, 6.07) is 60.1. The third kappa shape index (κ3) is 4.77. The quantitative estimate of drug-likeness (QED) is 0.172. The van der Waals surface area contributed by atoms with Gasteiger partial charge in [-0.05, 0) is 113 Å². The van der Waals surface area contributed by atoms with Gasteiger partial charge in [-0.3, -0.25) is 0 Å². The largest absolute Gasteiger partial charge is 0.455 e. The first-order valence-electron chi connectivity index (χ1n) is 17.8. The second-order valence-electron chi connectivity index (χ2n) is 14.9. The smallest absolute Gasteiger partial charge is 0.143 e. The Morgan fingerprint density at radius 2 is 0.941 bits per heavy atom. The van der Waals surface area contributed by atoms with Crippen LogP contribution in [0.3, 0.4) is 0 Å². The Labute approximate surface area is 297 Å². The molecule has 0 unspecified atom stereocenters. The van der Waals surface area contributed by atoms with Gasteiger partial charge in [0.25, 0.3) is 0 Å². The molecule has 51 heavy (non-hydrogen) atoms. The third-order valence-corrected chi connectivity index (χ3v) is 10.7. The normalized spacial score (nSPS) is 12.2. The highest BCUT2D eigenvalue weighted by Crippen LogP contribution is 2.47. The minimum absolute atomic E-state index is 0.0573. The molecule has 0 aliphatic heterocycles. The lowest BCUT2D eigenvalue weighted by Crippen LogP contribution is -2.10. The summed E-state index contributed by atoms with van der Waals surface area (Å²) in [6.07, 6.45) is 0. The van der Waals surface area contributed by atoms with Crippen molar-refractivity contribution in [2.45, 2.75) is 26.2 Å². The summed E-state index contributed by atoms with van der Waals surface area (Å²) in [5.74, 6) is 0. The monoisotopic (exact) mass is 652 g/mol. The number of hydrogen-bond donors (Lipinski definition) is 0. The van der Waals surface area contributed by atoms with E-state index in [1.54, 1.807) is 0 Å². The first-order chi connectivity index (χ1) is 24.9. The first-order valence-corrected chi connectivity index (χ1v) is 17.8. The van der Waals surface area contributed by atoms with E-state index in [1.165, 1.54) is 71.3 Å². The number of rotatable bonds is 4. The maximum Gasteiger partial charge on any atom is 0.143 e. The Morgan fingerprint density at radius 1 is 0.373 bits per heavy atom. The lowest BCUT2D eigenvalue weighted by Gasteiger charge is -2.23. The standard InChI is InChI=1S/C50H36O/c1-50(2,3)38-28-33-21-23-41-44(32-15-8-5-9-16-32)30-45(42-24-22-34(29-38)47(33)48(41)42)37-26-35(31-13-6-4-7-14-31)25-36(27-37)39-18-12-19-43-40-17-10-11-20-46(40)51-49(39)43/h4-30H,1-3H3. The van der Waals surface area contributed by atoms with Crippen LogP contribution in [0.4, 0.5) is 0 Å². The molecular formula is C50H36O. The van der Waals surface area contributed by atoms with Gasteiger partial charge in [0, 0.05) is 16.3 Å². The summed E-state index contributed by atoms with van der Waals surface area (Å²) in [5.41, 5.74) is 12.7. The van der Waals surface area contributed by atoms with Gasteiger partial charge in [0.1, 0.15) is 11.2 Å². The van der Waals surface area contributed by atoms with Gasteiger partial charge in [0.05, 0.1) is 0 Å². The average molecular weight is 653 g/mol. The molecule has 0 aliphatic carbocycles. The van der Waals surface area contributed by atoms with Crippen molar-refractivity contribution < 1.29 is 4.42 Å². The van der Waals surface area contributed by atoms with Gasteiger partial charge in [-0.1, -0.05) is 154 Å². The Hall–Kier alpha value is -6.18. The highest BCUT2D eigenvalue weighted by atomic mass is 16.3. The Balaban J connectivity index is 1.31. The third-order valence-electron chi connectivity index (χ3n) is 10.7. The minimum atomic E-state index is 0.0573. The van der Waals surface area contributed by atoms with E-state index in [0.29, 0.717) is 0 Å². The summed E-state index contributed by atoms with van der Waals surface area (Å²) in [5, 5.41) is 10.1. The van der Waals surface area contributed by atoms with Gasteiger partial charge < -0.3 is 4.42 Å². The molecule has 0 N–H and O–H groups in total. The van der Waals surface area contributed by atoms with E-state index in [2.05, 4.69) is 178 Å². The fourth-order valence-corrected chi connectivity index (χ4v) is 8.15. The molecule has 0 radical (unpaired) electrons. The average Bonchev–Trinajstić information content (AvgIpc) is 3.56. The van der Waals surface area contributed by atoms with Gasteiger partial charge in [0.15, 0.2) is 0 Å². The molecule has 1 heterocycles. The lowest BCUT2D eigenvalue weighted by atomic mass is 9.81. The topological polar surface area (TPSA) is 13.1 Å². The van der Waals surface area contributed by atoms with E-state index in [1.807, 2.05) is 6.07 Å². The van der Waals surface area contributed by atoms with Crippen LogP contribution in [0.15, 0.2) is 168 Å². The SMILES string of the molecule is CC(C)(C)c1cc2ccc3c(-c4ccccc4)cc(-c4cc(-c5ccccc5)cc(-c5cccc6c5oc5ccccc56)c4)c4ccc(c1)c2c34. The predicted octanol–water partition coefficient (Wildman–Crippen LogP) is 14.4. The molecule has 0 aliphatic rings. The van der Waals surface area contributed by atoms with Crippen molar-refractivity contribution >= 4 is 54.3 Å². The molecule has 0 saturated carbocycles. The van der Waals surface area contributed by atoms with E-state index in [9.17, 15) is 0 Å². The van der Waals surface area contributed by atoms with E-state index >= 15 is 0 Å². The lowest BCUT2D eigenvalue weighted by molar-refractivity contribution is 0.591. The Bertz CT molecular complexity index is 2900. The fraction of sp³-hybridized carbons (Fsp3) is 0.0800. The Kier molecular flexibility index (Phi) is 6.51. The van der Waals surface area contributed by atoms with Gasteiger partial charge >= 0.3 is 0 Å². The van der Waals surface area contributed by atoms with E-state index < -0.39 is 0 Å². The second kappa shape index (κ2) is 11.2. The molecule has 1 aromatic heterocycles. The fourth-order valence-electron chi connectivity index (χ4n) is 8.15. The zero-order chi connectivity index (χ0) is 34.3. The molecule has 0 amide bonds. The van der Waals surface area contributed by atoms with Gasteiger partial charge in [-0.2, -0.15) is 0 Å². The first kappa shape index (κ1) is 29.7. The van der Waals surface area contributed by atoms with E-state index in [-0.39, 0.29) is 5.41 Å². The molecule has 0 spiro atoms. The maximum absolute atomic E-state index is 6.59. The van der Waals surface area contributed by atoms with Crippen LogP contribution in [0.5, 0.6) is 0 Å². The van der Waals surface area contributed by atoms with Crippen molar-refractivity contribution in [3.05, 3.63) is 169 Å². The number of para-hydroxylation sites is 2. The maximum atomic E-state index is 6.59. The van der Waals surface area contributed by atoms with Crippen LogP contribution >= 0.6 is 0 Å². The summed E-state index contributed by atoms with van der Waals surface area (Å²) in [6.45, 7) is 6.90. The highest BCUT2D eigenvalue weighted by Gasteiger charge is 2.21. The second-order valence-corrected chi connectivity index (χ2v) is 14.9. The van der Waals surface area contributed by atoms with Crippen LogP contribution in [0.1, 0.15) is 26.3 Å². The highest BCUT2D eigenvalue weighted by molar-refractivity contribution is 6.28. The summed E-state index contributed by atoms with van der Waals surface area (Å²) < 4.78 is 6.59. The van der Waals surface area contributed by atoms with Crippen molar-refractivity contribution in [3.63, 3.8) is 0 Å². The molecule has 242 valence electrons. The van der Waals surface area contributed by atoms with Crippen molar-refractivity contribution in [2.24, 2.45) is 0 Å². The molecule has 0 saturated heterocycles.